The zero-order valence-corrected chi connectivity index (χ0v) is 15.6. The van der Waals surface area contributed by atoms with E-state index in [4.69, 9.17) is 16.3 Å². The molecule has 0 bridgehead atoms. The summed E-state index contributed by atoms with van der Waals surface area (Å²) in [5, 5.41) is 7.09. The Morgan fingerprint density at radius 2 is 2.08 bits per heavy atom. The molecule has 0 saturated heterocycles. The molecule has 2 aromatic rings. The maximum atomic E-state index is 11.7. The molecule has 0 aromatic heterocycles. The van der Waals surface area contributed by atoms with Crippen molar-refractivity contribution in [3.8, 4) is 5.75 Å². The van der Waals surface area contributed by atoms with E-state index in [-0.39, 0.29) is 6.10 Å². The summed E-state index contributed by atoms with van der Waals surface area (Å²) in [4.78, 5) is 11.7. The molecular formula is C17H17BrClN3O2. The maximum Gasteiger partial charge on any atom is 0.339 e. The fraction of sp³-hybridized carbons (Fsp3) is 0.176. The Balaban J connectivity index is 1.91. The standard InChI is InChI=1S/C17H17BrClN3O2/c1-11(2)24-16-7-6-12(8-15(16)18)10-20-22-17(23)21-14-5-3-4-13(19)9-14/h3-11H,1-2H3,(H2,21,22,23)/b20-10-. The second kappa shape index (κ2) is 8.70. The average molecular weight is 411 g/mol. The highest BCUT2D eigenvalue weighted by atomic mass is 79.9. The zero-order chi connectivity index (χ0) is 17.5. The molecule has 0 atom stereocenters. The molecule has 24 heavy (non-hydrogen) atoms. The molecule has 0 aliphatic carbocycles. The van der Waals surface area contributed by atoms with Gasteiger partial charge in [0.15, 0.2) is 0 Å². The first-order valence-corrected chi connectivity index (χ1v) is 8.43. The van der Waals surface area contributed by atoms with Gasteiger partial charge >= 0.3 is 6.03 Å². The predicted octanol–water partition coefficient (Wildman–Crippen LogP) is 5.05. The smallest absolute Gasteiger partial charge is 0.339 e. The van der Waals surface area contributed by atoms with Gasteiger partial charge in [0.05, 0.1) is 16.8 Å². The molecule has 0 aliphatic heterocycles. The van der Waals surface area contributed by atoms with Crippen LogP contribution in [0.3, 0.4) is 0 Å². The van der Waals surface area contributed by atoms with Crippen molar-refractivity contribution in [2.45, 2.75) is 20.0 Å². The van der Waals surface area contributed by atoms with Gasteiger partial charge in [0.1, 0.15) is 5.75 Å². The number of amides is 2. The second-order valence-electron chi connectivity index (χ2n) is 5.19. The number of ether oxygens (including phenoxy) is 1. The van der Waals surface area contributed by atoms with Crippen LogP contribution in [0.4, 0.5) is 10.5 Å². The summed E-state index contributed by atoms with van der Waals surface area (Å²) >= 11 is 9.30. The number of benzene rings is 2. The summed E-state index contributed by atoms with van der Waals surface area (Å²) in [6.07, 6.45) is 1.64. The average Bonchev–Trinajstić information content (AvgIpc) is 2.49. The highest BCUT2D eigenvalue weighted by molar-refractivity contribution is 9.10. The van der Waals surface area contributed by atoms with E-state index in [9.17, 15) is 4.79 Å². The lowest BCUT2D eigenvalue weighted by Gasteiger charge is -2.11. The van der Waals surface area contributed by atoms with Gasteiger partial charge < -0.3 is 10.1 Å². The van der Waals surface area contributed by atoms with Crippen LogP contribution in [0.25, 0.3) is 0 Å². The highest BCUT2D eigenvalue weighted by Gasteiger charge is 2.04. The second-order valence-corrected chi connectivity index (χ2v) is 6.48. The molecular weight excluding hydrogens is 394 g/mol. The van der Waals surface area contributed by atoms with E-state index in [1.54, 1.807) is 30.5 Å². The molecule has 2 amide bonds. The van der Waals surface area contributed by atoms with E-state index in [1.165, 1.54) is 0 Å². The van der Waals surface area contributed by atoms with Crippen LogP contribution in [0.2, 0.25) is 5.02 Å². The van der Waals surface area contributed by atoms with Gasteiger partial charge in [-0.15, -0.1) is 0 Å². The molecule has 2 N–H and O–H groups in total. The third-order valence-corrected chi connectivity index (χ3v) is 3.64. The van der Waals surface area contributed by atoms with Gasteiger partial charge in [-0.1, -0.05) is 17.7 Å². The lowest BCUT2D eigenvalue weighted by molar-refractivity contribution is 0.241. The quantitative estimate of drug-likeness (QED) is 0.535. The number of urea groups is 1. The Kier molecular flexibility index (Phi) is 6.63. The topological polar surface area (TPSA) is 62.7 Å². The van der Waals surface area contributed by atoms with Crippen molar-refractivity contribution in [3.63, 3.8) is 0 Å². The number of nitrogens with zero attached hydrogens (tertiary/aromatic N) is 1. The minimum absolute atomic E-state index is 0.0951. The van der Waals surface area contributed by atoms with Crippen molar-refractivity contribution in [1.29, 1.82) is 0 Å². The SMILES string of the molecule is CC(C)Oc1ccc(/C=N\NC(=O)Nc2cccc(Cl)c2)cc1Br. The Morgan fingerprint density at radius 1 is 1.29 bits per heavy atom. The monoisotopic (exact) mass is 409 g/mol. The molecule has 2 rings (SSSR count). The van der Waals surface area contributed by atoms with Crippen LogP contribution in [-0.2, 0) is 0 Å². The van der Waals surface area contributed by atoms with E-state index < -0.39 is 6.03 Å². The van der Waals surface area contributed by atoms with Gasteiger partial charge in [0, 0.05) is 10.7 Å². The van der Waals surface area contributed by atoms with Crippen LogP contribution < -0.4 is 15.5 Å². The predicted molar refractivity (Wildman–Crippen MR) is 101 cm³/mol. The summed E-state index contributed by atoms with van der Waals surface area (Å²) in [5.74, 6) is 0.758. The van der Waals surface area contributed by atoms with Crippen molar-refractivity contribution < 1.29 is 9.53 Å². The molecule has 0 saturated carbocycles. The lowest BCUT2D eigenvalue weighted by atomic mass is 10.2. The first-order chi connectivity index (χ1) is 11.4. The Bertz CT molecular complexity index is 750. The van der Waals surface area contributed by atoms with Gasteiger partial charge in [-0.25, -0.2) is 10.2 Å². The van der Waals surface area contributed by atoms with Crippen molar-refractivity contribution in [1.82, 2.24) is 5.43 Å². The molecule has 2 aromatic carbocycles. The van der Waals surface area contributed by atoms with E-state index in [0.717, 1.165) is 15.8 Å². The number of carbonyl (C=O) groups is 1. The van der Waals surface area contributed by atoms with Crippen LogP contribution in [0.15, 0.2) is 52.0 Å². The third-order valence-electron chi connectivity index (χ3n) is 2.78. The largest absolute Gasteiger partial charge is 0.490 e. The van der Waals surface area contributed by atoms with Crippen LogP contribution in [0, 0.1) is 0 Å². The summed E-state index contributed by atoms with van der Waals surface area (Å²) < 4.78 is 6.46. The number of hydrazone groups is 1. The molecule has 5 nitrogen and oxygen atoms in total. The van der Waals surface area contributed by atoms with Gasteiger partial charge in [0.25, 0.3) is 0 Å². The number of anilines is 1. The molecule has 0 fully saturated rings. The minimum Gasteiger partial charge on any atom is -0.490 e. The summed E-state index contributed by atoms with van der Waals surface area (Å²) in [6, 6.07) is 12.0. The van der Waals surface area contributed by atoms with Crippen molar-refractivity contribution in [2.24, 2.45) is 5.10 Å². The minimum atomic E-state index is -0.452. The van der Waals surface area contributed by atoms with E-state index in [2.05, 4.69) is 31.8 Å². The highest BCUT2D eigenvalue weighted by Crippen LogP contribution is 2.26. The van der Waals surface area contributed by atoms with Crippen molar-refractivity contribution >= 4 is 45.5 Å². The zero-order valence-electron chi connectivity index (χ0n) is 13.2. The van der Waals surface area contributed by atoms with Crippen LogP contribution >= 0.6 is 27.5 Å². The molecule has 0 radical (unpaired) electrons. The van der Waals surface area contributed by atoms with Crippen molar-refractivity contribution in [3.05, 3.63) is 57.5 Å². The van der Waals surface area contributed by atoms with E-state index in [1.807, 2.05) is 32.0 Å². The fourth-order valence-electron chi connectivity index (χ4n) is 1.84. The third kappa shape index (κ3) is 5.86. The van der Waals surface area contributed by atoms with Gasteiger partial charge in [-0.2, -0.15) is 5.10 Å². The Morgan fingerprint density at radius 3 is 2.75 bits per heavy atom. The summed E-state index contributed by atoms with van der Waals surface area (Å²) in [7, 11) is 0. The van der Waals surface area contributed by atoms with Gasteiger partial charge in [-0.3, -0.25) is 0 Å². The molecule has 0 unspecified atom stereocenters. The number of hydrogen-bond acceptors (Lipinski definition) is 3. The number of nitrogens with one attached hydrogen (secondary N) is 2. The molecule has 0 spiro atoms. The van der Waals surface area contributed by atoms with Crippen LogP contribution in [0.5, 0.6) is 5.75 Å². The van der Waals surface area contributed by atoms with Gasteiger partial charge in [-0.05, 0) is 71.7 Å². The number of carbonyl (C=O) groups excluding carboxylic acids is 1. The lowest BCUT2D eigenvalue weighted by Crippen LogP contribution is -2.24. The van der Waals surface area contributed by atoms with Crippen LogP contribution in [0.1, 0.15) is 19.4 Å². The van der Waals surface area contributed by atoms with E-state index >= 15 is 0 Å². The summed E-state index contributed by atoms with van der Waals surface area (Å²) in [6.45, 7) is 3.93. The molecule has 0 aliphatic rings. The fourth-order valence-corrected chi connectivity index (χ4v) is 2.52. The number of hydrogen-bond donors (Lipinski definition) is 2. The first-order valence-electron chi connectivity index (χ1n) is 7.26. The first kappa shape index (κ1) is 18.3. The molecule has 126 valence electrons. The maximum absolute atomic E-state index is 11.7. The normalized spacial score (nSPS) is 10.9. The number of rotatable bonds is 5. The number of halogens is 2. The van der Waals surface area contributed by atoms with Gasteiger partial charge in [0.2, 0.25) is 0 Å². The van der Waals surface area contributed by atoms with Crippen LogP contribution in [-0.4, -0.2) is 18.3 Å². The van der Waals surface area contributed by atoms with Crippen molar-refractivity contribution in [2.75, 3.05) is 5.32 Å². The Labute approximate surface area is 154 Å². The van der Waals surface area contributed by atoms with E-state index in [0.29, 0.717) is 10.7 Å². The molecule has 7 heteroatoms. The molecule has 0 heterocycles. The summed E-state index contributed by atoms with van der Waals surface area (Å²) in [5.41, 5.74) is 3.81. The Hall–Kier alpha value is -2.05.